The first-order valence-electron chi connectivity index (χ1n) is 7.27. The summed E-state index contributed by atoms with van der Waals surface area (Å²) < 4.78 is 0. The van der Waals surface area contributed by atoms with Crippen LogP contribution in [0.25, 0.3) is 0 Å². The molecule has 1 N–H and O–H groups in total. The molecule has 2 aromatic rings. The number of aliphatic hydroxyl groups excluding tert-OH is 1. The lowest BCUT2D eigenvalue weighted by Crippen LogP contribution is -2.11. The lowest BCUT2D eigenvalue weighted by molar-refractivity contribution is 0.281. The molecule has 0 heterocycles. The third kappa shape index (κ3) is 3.08. The van der Waals surface area contributed by atoms with Gasteiger partial charge in [-0.15, -0.1) is 11.8 Å². The van der Waals surface area contributed by atoms with Crippen molar-refractivity contribution < 1.29 is 5.11 Å². The monoisotopic (exact) mass is 284 g/mol. The van der Waals surface area contributed by atoms with Gasteiger partial charge in [0, 0.05) is 10.6 Å². The van der Waals surface area contributed by atoms with Crippen LogP contribution >= 0.6 is 11.8 Å². The molecule has 0 aliphatic heterocycles. The zero-order valence-electron chi connectivity index (χ0n) is 11.6. The quantitative estimate of drug-likeness (QED) is 0.840. The van der Waals surface area contributed by atoms with Gasteiger partial charge < -0.3 is 5.11 Å². The molecule has 0 saturated carbocycles. The zero-order chi connectivity index (χ0) is 13.8. The zero-order valence-corrected chi connectivity index (χ0v) is 12.4. The highest BCUT2D eigenvalue weighted by Crippen LogP contribution is 2.35. The van der Waals surface area contributed by atoms with Crippen molar-refractivity contribution in [2.45, 2.75) is 36.7 Å². The number of aliphatic hydroxyl groups is 1. The second-order valence-electron chi connectivity index (χ2n) is 5.40. The van der Waals surface area contributed by atoms with Crippen LogP contribution in [0.2, 0.25) is 0 Å². The summed E-state index contributed by atoms with van der Waals surface area (Å²) in [7, 11) is 0. The van der Waals surface area contributed by atoms with E-state index in [2.05, 4.69) is 36.4 Å². The second kappa shape index (κ2) is 6.47. The fourth-order valence-corrected chi connectivity index (χ4v) is 4.11. The van der Waals surface area contributed by atoms with E-state index in [0.717, 1.165) is 11.3 Å². The Labute approximate surface area is 125 Å². The van der Waals surface area contributed by atoms with E-state index < -0.39 is 0 Å². The summed E-state index contributed by atoms with van der Waals surface area (Å²) in [5.74, 6) is 1.80. The molecular formula is C18H20OS. The highest BCUT2D eigenvalue weighted by atomic mass is 32.2. The van der Waals surface area contributed by atoms with Gasteiger partial charge in [-0.2, -0.15) is 0 Å². The highest BCUT2D eigenvalue weighted by Gasteiger charge is 2.19. The van der Waals surface area contributed by atoms with Crippen LogP contribution < -0.4 is 0 Å². The van der Waals surface area contributed by atoms with E-state index in [-0.39, 0.29) is 6.61 Å². The Hall–Kier alpha value is -1.25. The van der Waals surface area contributed by atoms with Crippen molar-refractivity contribution in [2.24, 2.45) is 0 Å². The van der Waals surface area contributed by atoms with Gasteiger partial charge in [0.25, 0.3) is 0 Å². The van der Waals surface area contributed by atoms with Gasteiger partial charge in [-0.3, -0.25) is 0 Å². The van der Waals surface area contributed by atoms with E-state index >= 15 is 0 Å². The summed E-state index contributed by atoms with van der Waals surface area (Å²) in [6, 6.07) is 17.1. The van der Waals surface area contributed by atoms with Crippen molar-refractivity contribution in [3.8, 4) is 0 Å². The van der Waals surface area contributed by atoms with Crippen LogP contribution in [0.1, 0.15) is 35.4 Å². The molecule has 0 saturated heterocycles. The molecule has 0 radical (unpaired) electrons. The molecule has 1 nitrogen and oxygen atoms in total. The predicted octanol–water partition coefficient (Wildman–Crippen LogP) is 4.39. The molecule has 3 rings (SSSR count). The van der Waals surface area contributed by atoms with Gasteiger partial charge in [0.15, 0.2) is 0 Å². The molecule has 1 unspecified atom stereocenters. The Morgan fingerprint density at radius 2 is 2.00 bits per heavy atom. The first kappa shape index (κ1) is 13.7. The Balaban J connectivity index is 1.70. The summed E-state index contributed by atoms with van der Waals surface area (Å²) in [4.78, 5) is 1.26. The van der Waals surface area contributed by atoms with Gasteiger partial charge in [0.05, 0.1) is 6.61 Å². The third-order valence-corrected chi connectivity index (χ3v) is 5.18. The van der Waals surface area contributed by atoms with Crippen molar-refractivity contribution >= 4 is 11.8 Å². The maximum absolute atomic E-state index is 9.20. The van der Waals surface area contributed by atoms with Crippen molar-refractivity contribution in [1.29, 1.82) is 0 Å². The number of rotatable bonds is 4. The molecule has 0 spiro atoms. The summed E-state index contributed by atoms with van der Waals surface area (Å²) >= 11 is 1.91. The summed E-state index contributed by atoms with van der Waals surface area (Å²) in [6.07, 6.45) is 3.83. The molecule has 20 heavy (non-hydrogen) atoms. The molecule has 1 aliphatic carbocycles. The van der Waals surface area contributed by atoms with E-state index in [0.29, 0.717) is 5.92 Å². The molecule has 0 amide bonds. The maximum atomic E-state index is 9.20. The van der Waals surface area contributed by atoms with Crippen molar-refractivity contribution in [3.05, 3.63) is 65.2 Å². The largest absolute Gasteiger partial charge is 0.392 e. The average molecular weight is 284 g/mol. The number of hydrogen-bond acceptors (Lipinski definition) is 2. The summed E-state index contributed by atoms with van der Waals surface area (Å²) in [6.45, 7) is 0.126. The van der Waals surface area contributed by atoms with Crippen molar-refractivity contribution in [1.82, 2.24) is 0 Å². The van der Waals surface area contributed by atoms with Crippen molar-refractivity contribution in [3.63, 3.8) is 0 Å². The van der Waals surface area contributed by atoms with Gasteiger partial charge in [-0.05, 0) is 54.0 Å². The van der Waals surface area contributed by atoms with Gasteiger partial charge in [0.1, 0.15) is 0 Å². The predicted molar refractivity (Wildman–Crippen MR) is 85.2 cm³/mol. The van der Waals surface area contributed by atoms with E-state index in [4.69, 9.17) is 0 Å². The standard InChI is InChI=1S/C18H20OS/c19-12-14-5-3-9-17(11-14)20-13-16-8-4-7-15-6-1-2-10-18(15)16/h1-3,5-6,9-11,16,19H,4,7-8,12-13H2. The average Bonchev–Trinajstić information content (AvgIpc) is 2.53. The number of hydrogen-bond donors (Lipinski definition) is 1. The minimum atomic E-state index is 0.126. The fraction of sp³-hybridized carbons (Fsp3) is 0.333. The lowest BCUT2D eigenvalue weighted by atomic mass is 9.84. The number of fused-ring (bicyclic) bond motifs is 1. The maximum Gasteiger partial charge on any atom is 0.0682 e. The van der Waals surface area contributed by atoms with Crippen molar-refractivity contribution in [2.75, 3.05) is 5.75 Å². The van der Waals surface area contributed by atoms with Gasteiger partial charge in [-0.25, -0.2) is 0 Å². The first-order chi connectivity index (χ1) is 9.86. The second-order valence-corrected chi connectivity index (χ2v) is 6.50. The number of thioether (sulfide) groups is 1. The normalized spacial score (nSPS) is 17.8. The van der Waals surface area contributed by atoms with Gasteiger partial charge in [0.2, 0.25) is 0 Å². The smallest absolute Gasteiger partial charge is 0.0682 e. The molecular weight excluding hydrogens is 264 g/mol. The molecule has 2 heteroatoms. The minimum absolute atomic E-state index is 0.126. The van der Waals surface area contributed by atoms with Crippen LogP contribution in [0, 0.1) is 0 Å². The van der Waals surface area contributed by atoms with Crippen LogP contribution in [0.3, 0.4) is 0 Å². The highest BCUT2D eigenvalue weighted by molar-refractivity contribution is 7.99. The first-order valence-corrected chi connectivity index (χ1v) is 8.26. The molecule has 2 aromatic carbocycles. The number of aryl methyl sites for hydroxylation is 1. The SMILES string of the molecule is OCc1cccc(SCC2CCCc3ccccc32)c1. The third-order valence-electron chi connectivity index (χ3n) is 4.03. The summed E-state index contributed by atoms with van der Waals surface area (Å²) in [5, 5.41) is 9.20. The molecule has 0 bridgehead atoms. The van der Waals surface area contributed by atoms with Crippen LogP contribution in [0.4, 0.5) is 0 Å². The van der Waals surface area contributed by atoms with E-state index in [1.54, 1.807) is 5.56 Å². The number of benzene rings is 2. The molecule has 104 valence electrons. The molecule has 1 aliphatic rings. The van der Waals surface area contributed by atoms with Crippen LogP contribution in [0.15, 0.2) is 53.4 Å². The molecule has 1 atom stereocenters. The fourth-order valence-electron chi connectivity index (χ4n) is 2.96. The van der Waals surface area contributed by atoms with Crippen LogP contribution in [-0.2, 0) is 13.0 Å². The Morgan fingerprint density at radius 1 is 1.10 bits per heavy atom. The molecule has 0 fully saturated rings. The Morgan fingerprint density at radius 3 is 2.90 bits per heavy atom. The van der Waals surface area contributed by atoms with Crippen LogP contribution in [-0.4, -0.2) is 10.9 Å². The summed E-state index contributed by atoms with van der Waals surface area (Å²) in [5.41, 5.74) is 4.08. The molecule has 0 aromatic heterocycles. The minimum Gasteiger partial charge on any atom is -0.392 e. The van der Waals surface area contributed by atoms with Gasteiger partial charge in [-0.1, -0.05) is 36.4 Å². The van der Waals surface area contributed by atoms with Crippen LogP contribution in [0.5, 0.6) is 0 Å². The Kier molecular flexibility index (Phi) is 4.44. The van der Waals surface area contributed by atoms with E-state index in [9.17, 15) is 5.11 Å². The van der Waals surface area contributed by atoms with E-state index in [1.807, 2.05) is 23.9 Å². The Bertz CT molecular complexity index is 579. The van der Waals surface area contributed by atoms with Gasteiger partial charge >= 0.3 is 0 Å². The van der Waals surface area contributed by atoms with E-state index in [1.165, 1.54) is 29.7 Å². The topological polar surface area (TPSA) is 20.2 Å². The lowest BCUT2D eigenvalue weighted by Gasteiger charge is -2.25.